The normalized spacial score (nSPS) is 15.6. The van der Waals surface area contributed by atoms with Gasteiger partial charge in [0.15, 0.2) is 11.5 Å². The molecule has 0 aliphatic carbocycles. The summed E-state index contributed by atoms with van der Waals surface area (Å²) in [7, 11) is 3.01. The predicted octanol–water partition coefficient (Wildman–Crippen LogP) is 3.63. The number of nitrogens with zero attached hydrogens (tertiary/aromatic N) is 1. The van der Waals surface area contributed by atoms with Crippen molar-refractivity contribution in [2.45, 2.75) is 0 Å². The van der Waals surface area contributed by atoms with Crippen LogP contribution in [0, 0.1) is 3.57 Å². The number of hydrogen-bond acceptors (Lipinski definition) is 5. The van der Waals surface area contributed by atoms with Gasteiger partial charge in [-0.1, -0.05) is 11.6 Å². The van der Waals surface area contributed by atoms with Crippen LogP contribution in [0.25, 0.3) is 6.08 Å². The van der Waals surface area contributed by atoms with Crippen LogP contribution in [0.15, 0.2) is 42.0 Å². The summed E-state index contributed by atoms with van der Waals surface area (Å²) in [5, 5.41) is 2.64. The second kappa shape index (κ2) is 8.19. The van der Waals surface area contributed by atoms with Crippen molar-refractivity contribution in [2.75, 3.05) is 19.1 Å². The Morgan fingerprint density at radius 3 is 2.36 bits per heavy atom. The van der Waals surface area contributed by atoms with Crippen molar-refractivity contribution in [3.8, 4) is 11.5 Å². The molecule has 1 N–H and O–H groups in total. The first kappa shape index (κ1) is 20.2. The van der Waals surface area contributed by atoms with Crippen LogP contribution in [-0.2, 0) is 9.59 Å². The average Bonchev–Trinajstić information content (AvgIpc) is 2.66. The van der Waals surface area contributed by atoms with E-state index in [1.54, 1.807) is 24.3 Å². The highest BCUT2D eigenvalue weighted by molar-refractivity contribution is 14.1. The highest BCUT2D eigenvalue weighted by atomic mass is 127. The fourth-order valence-corrected chi connectivity index (χ4v) is 3.64. The first-order valence-electron chi connectivity index (χ1n) is 7.94. The van der Waals surface area contributed by atoms with E-state index in [9.17, 15) is 14.4 Å². The molecule has 9 heteroatoms. The van der Waals surface area contributed by atoms with E-state index >= 15 is 0 Å². The minimum Gasteiger partial charge on any atom is -0.493 e. The lowest BCUT2D eigenvalue weighted by atomic mass is 10.1. The van der Waals surface area contributed by atoms with Gasteiger partial charge in [-0.25, -0.2) is 9.69 Å². The number of barbiturate groups is 1. The van der Waals surface area contributed by atoms with Crippen LogP contribution >= 0.6 is 34.2 Å². The lowest BCUT2D eigenvalue weighted by molar-refractivity contribution is -0.122. The Hall–Kier alpha value is -2.59. The quantitative estimate of drug-likeness (QED) is 0.384. The monoisotopic (exact) mass is 512 g/mol. The number of carbonyl (C=O) groups is 3. The Balaban J connectivity index is 2.04. The molecule has 28 heavy (non-hydrogen) atoms. The van der Waals surface area contributed by atoms with Crippen LogP contribution in [0.3, 0.4) is 0 Å². The van der Waals surface area contributed by atoms with E-state index < -0.39 is 17.8 Å². The number of carbonyl (C=O) groups excluding carboxylic acids is 3. The standard InChI is InChI=1S/C19H14ClIN2O5/c1-27-15-9-10(8-14(21)16(15)28-2)7-13-17(24)22-19(26)23(18(13)25)12-5-3-11(20)4-6-12/h3-9H,1-2H3,(H,22,24,26). The van der Waals surface area contributed by atoms with Gasteiger partial charge >= 0.3 is 6.03 Å². The molecule has 0 saturated carbocycles. The summed E-state index contributed by atoms with van der Waals surface area (Å²) >= 11 is 7.92. The Morgan fingerprint density at radius 1 is 1.07 bits per heavy atom. The number of halogens is 2. The van der Waals surface area contributed by atoms with Gasteiger partial charge in [-0.2, -0.15) is 0 Å². The third kappa shape index (κ3) is 3.83. The second-order valence-corrected chi connectivity index (χ2v) is 7.27. The fraction of sp³-hybridized carbons (Fsp3) is 0.105. The van der Waals surface area contributed by atoms with Gasteiger partial charge in [0.1, 0.15) is 5.57 Å². The molecule has 7 nitrogen and oxygen atoms in total. The van der Waals surface area contributed by atoms with Crippen LogP contribution in [0.2, 0.25) is 5.02 Å². The van der Waals surface area contributed by atoms with Crippen LogP contribution in [-0.4, -0.2) is 32.1 Å². The Bertz CT molecular complexity index is 1000. The number of hydrogen-bond donors (Lipinski definition) is 1. The molecule has 0 aromatic heterocycles. The number of methoxy groups -OCH3 is 2. The van der Waals surface area contributed by atoms with E-state index in [2.05, 4.69) is 27.9 Å². The van der Waals surface area contributed by atoms with Crippen LogP contribution in [0.1, 0.15) is 5.56 Å². The average molecular weight is 513 g/mol. The molecule has 1 saturated heterocycles. The maximum atomic E-state index is 12.9. The van der Waals surface area contributed by atoms with E-state index in [0.29, 0.717) is 27.8 Å². The molecule has 0 atom stereocenters. The fourth-order valence-electron chi connectivity index (χ4n) is 2.67. The molecule has 1 fully saturated rings. The van der Waals surface area contributed by atoms with E-state index in [1.807, 2.05) is 0 Å². The zero-order valence-electron chi connectivity index (χ0n) is 14.8. The molecule has 1 aliphatic heterocycles. The number of nitrogens with one attached hydrogen (secondary N) is 1. The SMILES string of the molecule is COc1cc(C=C2C(=O)NC(=O)N(c3ccc(Cl)cc3)C2=O)cc(I)c1OC. The lowest BCUT2D eigenvalue weighted by Crippen LogP contribution is -2.54. The van der Waals surface area contributed by atoms with E-state index in [4.69, 9.17) is 21.1 Å². The van der Waals surface area contributed by atoms with Crippen LogP contribution in [0.5, 0.6) is 11.5 Å². The number of ether oxygens (including phenoxy) is 2. The molecule has 3 rings (SSSR count). The first-order chi connectivity index (χ1) is 13.3. The Labute approximate surface area is 179 Å². The van der Waals surface area contributed by atoms with Gasteiger partial charge in [0.25, 0.3) is 11.8 Å². The molecular formula is C19H14ClIN2O5. The number of imide groups is 2. The third-order valence-electron chi connectivity index (χ3n) is 3.95. The van der Waals surface area contributed by atoms with Crippen molar-refractivity contribution in [1.82, 2.24) is 5.32 Å². The van der Waals surface area contributed by atoms with Crippen LogP contribution in [0.4, 0.5) is 10.5 Å². The molecule has 2 aromatic carbocycles. The number of benzene rings is 2. The number of amides is 4. The highest BCUT2D eigenvalue weighted by Crippen LogP contribution is 2.34. The summed E-state index contributed by atoms with van der Waals surface area (Å²) in [6, 6.07) is 8.69. The largest absolute Gasteiger partial charge is 0.493 e. The zero-order valence-corrected chi connectivity index (χ0v) is 17.7. The third-order valence-corrected chi connectivity index (χ3v) is 5.01. The molecule has 144 valence electrons. The molecule has 0 unspecified atom stereocenters. The number of anilines is 1. The van der Waals surface area contributed by atoms with Crippen molar-refractivity contribution in [3.63, 3.8) is 0 Å². The predicted molar refractivity (Wildman–Crippen MR) is 113 cm³/mol. The molecule has 1 aliphatic rings. The minimum absolute atomic E-state index is 0.183. The van der Waals surface area contributed by atoms with Crippen molar-refractivity contribution in [3.05, 3.63) is 56.1 Å². The van der Waals surface area contributed by atoms with Gasteiger partial charge in [0.2, 0.25) is 0 Å². The summed E-state index contributed by atoms with van der Waals surface area (Å²) in [6.07, 6.45) is 1.40. The maximum absolute atomic E-state index is 12.9. The summed E-state index contributed by atoms with van der Waals surface area (Å²) in [5.41, 5.74) is 0.663. The zero-order chi connectivity index (χ0) is 20.4. The topological polar surface area (TPSA) is 84.9 Å². The summed E-state index contributed by atoms with van der Waals surface area (Å²) in [6.45, 7) is 0. The number of urea groups is 1. The van der Waals surface area contributed by atoms with E-state index in [0.717, 1.165) is 8.47 Å². The summed E-state index contributed by atoms with van der Waals surface area (Å²) in [5.74, 6) is -0.510. The summed E-state index contributed by atoms with van der Waals surface area (Å²) in [4.78, 5) is 38.3. The molecule has 0 bridgehead atoms. The number of rotatable bonds is 4. The molecule has 2 aromatic rings. The minimum atomic E-state index is -0.823. The molecule has 0 spiro atoms. The molecule has 0 radical (unpaired) electrons. The van der Waals surface area contributed by atoms with Crippen LogP contribution < -0.4 is 19.7 Å². The smallest absolute Gasteiger partial charge is 0.335 e. The Morgan fingerprint density at radius 2 is 1.75 bits per heavy atom. The van der Waals surface area contributed by atoms with Gasteiger partial charge < -0.3 is 9.47 Å². The Kier molecular flexibility index (Phi) is 5.90. The maximum Gasteiger partial charge on any atom is 0.335 e. The second-order valence-electron chi connectivity index (χ2n) is 5.67. The molecule has 4 amide bonds. The van der Waals surface area contributed by atoms with Crippen molar-refractivity contribution in [1.29, 1.82) is 0 Å². The molecular weight excluding hydrogens is 499 g/mol. The first-order valence-corrected chi connectivity index (χ1v) is 9.40. The van der Waals surface area contributed by atoms with Gasteiger partial charge in [0.05, 0.1) is 23.5 Å². The van der Waals surface area contributed by atoms with E-state index in [-0.39, 0.29) is 5.57 Å². The van der Waals surface area contributed by atoms with Gasteiger partial charge in [-0.15, -0.1) is 0 Å². The van der Waals surface area contributed by atoms with E-state index in [1.165, 1.54) is 32.4 Å². The van der Waals surface area contributed by atoms with Crippen molar-refractivity contribution >= 4 is 63.8 Å². The van der Waals surface area contributed by atoms with Gasteiger partial charge in [-0.3, -0.25) is 14.9 Å². The van der Waals surface area contributed by atoms with Crippen molar-refractivity contribution < 1.29 is 23.9 Å². The highest BCUT2D eigenvalue weighted by Gasteiger charge is 2.36. The van der Waals surface area contributed by atoms with Gasteiger partial charge in [-0.05, 0) is 70.6 Å². The lowest BCUT2D eigenvalue weighted by Gasteiger charge is -2.26. The van der Waals surface area contributed by atoms with Gasteiger partial charge in [0, 0.05) is 5.02 Å². The summed E-state index contributed by atoms with van der Waals surface area (Å²) < 4.78 is 11.3. The van der Waals surface area contributed by atoms with Crippen molar-refractivity contribution in [2.24, 2.45) is 0 Å². The molecule has 1 heterocycles.